The summed E-state index contributed by atoms with van der Waals surface area (Å²) in [5, 5.41) is 0.782. The Morgan fingerprint density at radius 3 is 2.67 bits per heavy atom. The van der Waals surface area contributed by atoms with E-state index in [4.69, 9.17) is 0 Å². The molecule has 3 aromatic rings. The molecule has 3 rings (SSSR count). The molecule has 0 bridgehead atoms. The highest BCUT2D eigenvalue weighted by atomic mass is 79.9. The molecule has 0 amide bonds. The third-order valence-corrected chi connectivity index (χ3v) is 6.22. The van der Waals surface area contributed by atoms with Gasteiger partial charge in [0.25, 0.3) is 10.0 Å². The van der Waals surface area contributed by atoms with E-state index in [0.29, 0.717) is 10.2 Å². The lowest BCUT2D eigenvalue weighted by molar-refractivity contribution is 0.601. The SMILES string of the molecule is Cn1ccnc1Sc1ccccc1NS(=O)(=O)c1cccc(Br)c1. The fourth-order valence-corrected chi connectivity index (χ4v) is 4.66. The Kier molecular flexibility index (Phi) is 4.98. The van der Waals surface area contributed by atoms with Crippen LogP contribution >= 0.6 is 27.7 Å². The molecule has 1 aromatic heterocycles. The van der Waals surface area contributed by atoms with Gasteiger partial charge in [0, 0.05) is 28.8 Å². The minimum absolute atomic E-state index is 0.202. The summed E-state index contributed by atoms with van der Waals surface area (Å²) in [6.07, 6.45) is 3.55. The number of aromatic nitrogens is 2. The molecule has 1 heterocycles. The van der Waals surface area contributed by atoms with Crippen LogP contribution in [0.15, 0.2) is 80.3 Å². The summed E-state index contributed by atoms with van der Waals surface area (Å²) >= 11 is 4.70. The summed E-state index contributed by atoms with van der Waals surface area (Å²) in [6.45, 7) is 0. The van der Waals surface area contributed by atoms with Crippen LogP contribution in [0.2, 0.25) is 0 Å². The monoisotopic (exact) mass is 423 g/mol. The third kappa shape index (κ3) is 3.82. The second kappa shape index (κ2) is 7.00. The molecule has 0 saturated carbocycles. The quantitative estimate of drug-likeness (QED) is 0.669. The largest absolute Gasteiger partial charge is 0.329 e. The van der Waals surface area contributed by atoms with Crippen LogP contribution in [0.1, 0.15) is 0 Å². The van der Waals surface area contributed by atoms with E-state index in [1.54, 1.807) is 42.6 Å². The van der Waals surface area contributed by atoms with Gasteiger partial charge in [0.1, 0.15) is 0 Å². The van der Waals surface area contributed by atoms with Crippen LogP contribution in [0.4, 0.5) is 5.69 Å². The normalized spacial score (nSPS) is 11.4. The van der Waals surface area contributed by atoms with E-state index in [-0.39, 0.29) is 4.90 Å². The van der Waals surface area contributed by atoms with Crippen LogP contribution in [-0.4, -0.2) is 18.0 Å². The Bertz CT molecular complexity index is 971. The number of sulfonamides is 1. The van der Waals surface area contributed by atoms with E-state index in [2.05, 4.69) is 25.6 Å². The highest BCUT2D eigenvalue weighted by Gasteiger charge is 2.17. The molecule has 24 heavy (non-hydrogen) atoms. The fraction of sp³-hybridized carbons (Fsp3) is 0.0625. The van der Waals surface area contributed by atoms with Crippen LogP contribution < -0.4 is 4.72 Å². The maximum absolute atomic E-state index is 12.6. The Morgan fingerprint density at radius 2 is 1.96 bits per heavy atom. The van der Waals surface area contributed by atoms with E-state index in [0.717, 1.165) is 10.1 Å². The van der Waals surface area contributed by atoms with Crippen LogP contribution in [0.3, 0.4) is 0 Å². The summed E-state index contributed by atoms with van der Waals surface area (Å²) in [5.41, 5.74) is 0.519. The molecule has 0 unspecified atom stereocenters. The summed E-state index contributed by atoms with van der Waals surface area (Å²) in [7, 11) is -1.78. The van der Waals surface area contributed by atoms with Crippen molar-refractivity contribution in [1.29, 1.82) is 0 Å². The number of aryl methyl sites for hydroxylation is 1. The highest BCUT2D eigenvalue weighted by Crippen LogP contribution is 2.33. The second-order valence-electron chi connectivity index (χ2n) is 4.98. The maximum atomic E-state index is 12.6. The van der Waals surface area contributed by atoms with Crippen molar-refractivity contribution in [3.63, 3.8) is 0 Å². The molecule has 0 spiro atoms. The van der Waals surface area contributed by atoms with Gasteiger partial charge >= 0.3 is 0 Å². The number of hydrogen-bond acceptors (Lipinski definition) is 4. The van der Waals surface area contributed by atoms with E-state index in [1.807, 2.05) is 29.9 Å². The smallest absolute Gasteiger partial charge is 0.261 e. The summed E-state index contributed by atoms with van der Waals surface area (Å²) < 4.78 is 30.5. The van der Waals surface area contributed by atoms with Crippen molar-refractivity contribution in [3.05, 3.63) is 65.4 Å². The van der Waals surface area contributed by atoms with Crippen molar-refractivity contribution in [2.45, 2.75) is 14.9 Å². The topological polar surface area (TPSA) is 64.0 Å². The molecule has 0 fully saturated rings. The van der Waals surface area contributed by atoms with Crippen LogP contribution in [0.5, 0.6) is 0 Å². The van der Waals surface area contributed by atoms with E-state index >= 15 is 0 Å². The number of nitrogens with zero attached hydrogens (tertiary/aromatic N) is 2. The number of rotatable bonds is 5. The summed E-state index contributed by atoms with van der Waals surface area (Å²) in [5.74, 6) is 0. The van der Waals surface area contributed by atoms with Crippen LogP contribution in [-0.2, 0) is 17.1 Å². The minimum Gasteiger partial charge on any atom is -0.329 e. The zero-order chi connectivity index (χ0) is 17.2. The first kappa shape index (κ1) is 17.1. The van der Waals surface area contributed by atoms with Crippen molar-refractivity contribution >= 4 is 43.4 Å². The van der Waals surface area contributed by atoms with Gasteiger partial charge in [-0.05, 0) is 42.1 Å². The third-order valence-electron chi connectivity index (χ3n) is 3.22. The zero-order valence-corrected chi connectivity index (χ0v) is 15.9. The molecule has 2 aromatic carbocycles. The Morgan fingerprint density at radius 1 is 1.17 bits per heavy atom. The average Bonchev–Trinajstić information content (AvgIpc) is 2.94. The van der Waals surface area contributed by atoms with Gasteiger partial charge in [-0.2, -0.15) is 0 Å². The molecule has 0 atom stereocenters. The number of anilines is 1. The van der Waals surface area contributed by atoms with E-state index < -0.39 is 10.0 Å². The first-order valence-corrected chi connectivity index (χ1v) is 10.1. The number of imidazole rings is 1. The van der Waals surface area contributed by atoms with Gasteiger partial charge in [0.2, 0.25) is 0 Å². The van der Waals surface area contributed by atoms with Crippen molar-refractivity contribution in [2.24, 2.45) is 7.05 Å². The van der Waals surface area contributed by atoms with Crippen molar-refractivity contribution < 1.29 is 8.42 Å². The molecule has 5 nitrogen and oxygen atoms in total. The molecular formula is C16H14BrN3O2S2. The summed E-state index contributed by atoms with van der Waals surface area (Å²) in [6, 6.07) is 13.8. The number of nitrogens with one attached hydrogen (secondary N) is 1. The number of para-hydroxylation sites is 1. The van der Waals surface area contributed by atoms with Gasteiger partial charge < -0.3 is 4.57 Å². The molecule has 0 saturated heterocycles. The molecule has 1 N–H and O–H groups in total. The van der Waals surface area contributed by atoms with Gasteiger partial charge in [-0.3, -0.25) is 4.72 Å². The zero-order valence-electron chi connectivity index (χ0n) is 12.7. The molecular weight excluding hydrogens is 410 g/mol. The lowest BCUT2D eigenvalue weighted by atomic mass is 10.3. The Labute approximate surface area is 153 Å². The highest BCUT2D eigenvalue weighted by molar-refractivity contribution is 9.10. The molecule has 0 radical (unpaired) electrons. The van der Waals surface area contributed by atoms with Crippen molar-refractivity contribution in [2.75, 3.05) is 4.72 Å². The Balaban J connectivity index is 1.92. The fourth-order valence-electron chi connectivity index (χ4n) is 2.03. The van der Waals surface area contributed by atoms with E-state index in [1.165, 1.54) is 11.8 Å². The second-order valence-corrected chi connectivity index (χ2v) is 8.59. The van der Waals surface area contributed by atoms with Gasteiger partial charge in [-0.25, -0.2) is 13.4 Å². The number of benzene rings is 2. The number of halogens is 1. The standard InChI is InChI=1S/C16H14BrN3O2S2/c1-20-10-9-18-16(20)23-15-8-3-2-7-14(15)19-24(21,22)13-6-4-5-12(17)11-13/h2-11,19H,1H3. The van der Waals surface area contributed by atoms with Gasteiger partial charge in [0.05, 0.1) is 10.6 Å². The van der Waals surface area contributed by atoms with Crippen LogP contribution in [0, 0.1) is 0 Å². The predicted octanol–water partition coefficient (Wildman–Crippen LogP) is 4.13. The first-order valence-electron chi connectivity index (χ1n) is 6.98. The molecule has 124 valence electrons. The average molecular weight is 424 g/mol. The lowest BCUT2D eigenvalue weighted by Gasteiger charge is -2.12. The first-order chi connectivity index (χ1) is 11.5. The minimum atomic E-state index is -3.67. The lowest BCUT2D eigenvalue weighted by Crippen LogP contribution is -2.13. The van der Waals surface area contributed by atoms with Crippen LogP contribution in [0.25, 0.3) is 0 Å². The van der Waals surface area contributed by atoms with Gasteiger partial charge in [0.15, 0.2) is 5.16 Å². The van der Waals surface area contributed by atoms with E-state index in [9.17, 15) is 8.42 Å². The van der Waals surface area contributed by atoms with Crippen molar-refractivity contribution in [3.8, 4) is 0 Å². The van der Waals surface area contributed by atoms with Crippen molar-refractivity contribution in [1.82, 2.24) is 9.55 Å². The predicted molar refractivity (Wildman–Crippen MR) is 98.7 cm³/mol. The maximum Gasteiger partial charge on any atom is 0.261 e. The molecule has 0 aliphatic heterocycles. The molecule has 8 heteroatoms. The summed E-state index contributed by atoms with van der Waals surface area (Å²) in [4.78, 5) is 5.25. The molecule has 0 aliphatic carbocycles. The van der Waals surface area contributed by atoms with Gasteiger partial charge in [-0.15, -0.1) is 0 Å². The van der Waals surface area contributed by atoms with Gasteiger partial charge in [-0.1, -0.05) is 34.1 Å². The number of hydrogen-bond donors (Lipinski definition) is 1. The Hall–Kier alpha value is -1.77. The molecule has 0 aliphatic rings.